The van der Waals surface area contributed by atoms with Crippen LogP contribution in [0.5, 0.6) is 0 Å². The molecule has 2 aromatic rings. The van der Waals surface area contributed by atoms with Crippen LogP contribution in [0, 0.1) is 11.8 Å². The number of rotatable bonds is 4. The Morgan fingerprint density at radius 2 is 1.53 bits per heavy atom. The van der Waals surface area contributed by atoms with Crippen molar-refractivity contribution in [2.24, 2.45) is 11.8 Å². The Morgan fingerprint density at radius 3 is 2.17 bits per heavy atom. The first-order valence-electron chi connectivity index (χ1n) is 10.1. The van der Waals surface area contributed by atoms with Crippen molar-refractivity contribution in [1.29, 1.82) is 0 Å². The molecule has 2 fully saturated rings. The molecule has 5 nitrogen and oxygen atoms in total. The number of carbonyl (C=O) groups excluding carboxylic acids is 3. The van der Waals surface area contributed by atoms with Gasteiger partial charge in [-0.25, -0.2) is 4.90 Å². The summed E-state index contributed by atoms with van der Waals surface area (Å²) >= 11 is 7.22. The van der Waals surface area contributed by atoms with Gasteiger partial charge in [-0.15, -0.1) is 0 Å². The van der Waals surface area contributed by atoms with E-state index in [9.17, 15) is 14.4 Å². The number of carbonyl (C=O) groups is 3. The molecule has 2 aromatic carbocycles. The monoisotopic (exact) mass is 532 g/mol. The van der Waals surface area contributed by atoms with Crippen LogP contribution in [0.15, 0.2) is 48.5 Å². The van der Waals surface area contributed by atoms with Crippen LogP contribution in [-0.2, 0) is 16.0 Å². The van der Waals surface area contributed by atoms with E-state index < -0.39 is 0 Å². The molecule has 1 aliphatic carbocycles. The van der Waals surface area contributed by atoms with E-state index >= 15 is 0 Å². The van der Waals surface area contributed by atoms with Crippen molar-refractivity contribution in [1.82, 2.24) is 0 Å². The van der Waals surface area contributed by atoms with Gasteiger partial charge in [-0.1, -0.05) is 69.1 Å². The smallest absolute Gasteiger partial charge is 0.257 e. The second-order valence-electron chi connectivity index (χ2n) is 7.71. The van der Waals surface area contributed by atoms with Gasteiger partial charge in [0.1, 0.15) is 0 Å². The molecule has 1 saturated carbocycles. The summed E-state index contributed by atoms with van der Waals surface area (Å²) in [6.45, 7) is 2.02. The predicted molar refractivity (Wildman–Crippen MR) is 124 cm³/mol. The van der Waals surface area contributed by atoms with Crippen molar-refractivity contribution < 1.29 is 14.4 Å². The van der Waals surface area contributed by atoms with Gasteiger partial charge in [0.25, 0.3) is 5.91 Å². The Balaban J connectivity index is 1.66. The van der Waals surface area contributed by atoms with Crippen LogP contribution in [0.2, 0.25) is 0 Å². The molecule has 0 radical (unpaired) electrons. The molecular formula is C23H22Br2N2O3. The highest BCUT2D eigenvalue weighted by Gasteiger charge is 2.52. The van der Waals surface area contributed by atoms with Gasteiger partial charge in [-0.3, -0.25) is 14.4 Å². The average Bonchev–Trinajstić information content (AvgIpc) is 2.98. The molecule has 7 heteroatoms. The van der Waals surface area contributed by atoms with Crippen LogP contribution in [-0.4, -0.2) is 27.4 Å². The highest BCUT2D eigenvalue weighted by molar-refractivity contribution is 9.12. The molecule has 3 amide bonds. The van der Waals surface area contributed by atoms with E-state index in [1.165, 1.54) is 4.90 Å². The SMILES string of the molecule is CCc1ccccc1NC(=O)c1ccccc1N1C(=O)[C@@H]2C[C@@H](Br)[C@@H](Br)C[C@H]2C1=O. The van der Waals surface area contributed by atoms with E-state index in [1.807, 2.05) is 31.2 Å². The number of anilines is 2. The van der Waals surface area contributed by atoms with Crippen molar-refractivity contribution in [3.8, 4) is 0 Å². The highest BCUT2D eigenvalue weighted by atomic mass is 79.9. The van der Waals surface area contributed by atoms with Crippen molar-refractivity contribution in [3.05, 3.63) is 59.7 Å². The summed E-state index contributed by atoms with van der Waals surface area (Å²) in [5.74, 6) is -1.48. The van der Waals surface area contributed by atoms with Crippen molar-refractivity contribution in [3.63, 3.8) is 0 Å². The van der Waals surface area contributed by atoms with Gasteiger partial charge in [0, 0.05) is 15.3 Å². The van der Waals surface area contributed by atoms with E-state index in [-0.39, 0.29) is 39.2 Å². The van der Waals surface area contributed by atoms with E-state index in [1.54, 1.807) is 24.3 Å². The summed E-state index contributed by atoms with van der Waals surface area (Å²) in [6, 6.07) is 14.4. The van der Waals surface area contributed by atoms with Crippen LogP contribution in [0.4, 0.5) is 11.4 Å². The summed E-state index contributed by atoms with van der Waals surface area (Å²) < 4.78 is 0. The normalized spacial score (nSPS) is 25.9. The standard InChI is InChI=1S/C23H22Br2N2O3/c1-2-13-7-3-5-9-19(13)26-21(28)14-8-4-6-10-20(14)27-22(29)15-11-17(24)18(25)12-16(15)23(27)30/h3-10,15-18H,2,11-12H2,1H3,(H,26,28)/t15-,16-,17-,18+/m1/s1. The summed E-state index contributed by atoms with van der Waals surface area (Å²) in [7, 11) is 0. The van der Waals surface area contributed by atoms with Gasteiger partial charge in [0.2, 0.25) is 11.8 Å². The number of alkyl halides is 2. The van der Waals surface area contributed by atoms with Gasteiger partial charge in [-0.05, 0) is 43.0 Å². The Morgan fingerprint density at radius 1 is 0.967 bits per heavy atom. The minimum Gasteiger partial charge on any atom is -0.322 e. The summed E-state index contributed by atoms with van der Waals surface area (Å²) in [5.41, 5.74) is 2.42. The van der Waals surface area contributed by atoms with E-state index in [0.717, 1.165) is 17.7 Å². The second-order valence-corrected chi connectivity index (χ2v) is 10.1. The third-order valence-corrected chi connectivity index (χ3v) is 8.68. The number of aryl methyl sites for hydroxylation is 1. The highest BCUT2D eigenvalue weighted by Crippen LogP contribution is 2.44. The number of hydrogen-bond acceptors (Lipinski definition) is 3. The van der Waals surface area contributed by atoms with Gasteiger partial charge in [0.05, 0.1) is 23.1 Å². The Labute approximate surface area is 192 Å². The zero-order chi connectivity index (χ0) is 21.4. The number of halogens is 2. The van der Waals surface area contributed by atoms with Gasteiger partial charge < -0.3 is 5.32 Å². The molecule has 1 saturated heterocycles. The van der Waals surface area contributed by atoms with E-state index in [4.69, 9.17) is 0 Å². The lowest BCUT2D eigenvalue weighted by Gasteiger charge is -2.29. The molecule has 0 aromatic heterocycles. The topological polar surface area (TPSA) is 66.5 Å². The van der Waals surface area contributed by atoms with Crippen LogP contribution in [0.25, 0.3) is 0 Å². The maximum absolute atomic E-state index is 13.2. The fraction of sp³-hybridized carbons (Fsp3) is 0.348. The molecule has 30 heavy (non-hydrogen) atoms. The first-order valence-corrected chi connectivity index (χ1v) is 11.9. The minimum atomic E-state index is -0.354. The fourth-order valence-electron chi connectivity index (χ4n) is 4.33. The number of para-hydroxylation sites is 2. The lowest BCUT2D eigenvalue weighted by atomic mass is 9.81. The lowest BCUT2D eigenvalue weighted by Crippen LogP contribution is -2.34. The Hall–Kier alpha value is -1.99. The first kappa shape index (κ1) is 21.2. The van der Waals surface area contributed by atoms with Crippen LogP contribution in [0.1, 0.15) is 35.7 Å². The summed E-state index contributed by atoms with van der Waals surface area (Å²) in [4.78, 5) is 41.0. The molecule has 156 valence electrons. The number of imide groups is 1. The molecule has 0 bridgehead atoms. The molecular weight excluding hydrogens is 512 g/mol. The molecule has 2 aliphatic rings. The molecule has 0 unspecified atom stereocenters. The summed E-state index contributed by atoms with van der Waals surface area (Å²) in [5, 5.41) is 2.94. The van der Waals surface area contributed by atoms with Crippen LogP contribution >= 0.6 is 31.9 Å². The molecule has 4 atom stereocenters. The Bertz CT molecular complexity index is 981. The fourth-order valence-corrected chi connectivity index (χ4v) is 5.57. The van der Waals surface area contributed by atoms with Crippen LogP contribution < -0.4 is 10.2 Å². The maximum Gasteiger partial charge on any atom is 0.257 e. The molecule has 1 heterocycles. The third-order valence-electron chi connectivity index (χ3n) is 5.95. The van der Waals surface area contributed by atoms with Crippen molar-refractivity contribution in [2.45, 2.75) is 35.8 Å². The van der Waals surface area contributed by atoms with Gasteiger partial charge >= 0.3 is 0 Å². The first-order chi connectivity index (χ1) is 14.4. The van der Waals surface area contributed by atoms with Gasteiger partial charge in [-0.2, -0.15) is 0 Å². The molecule has 1 N–H and O–H groups in total. The Kier molecular flexibility index (Phi) is 6.11. The van der Waals surface area contributed by atoms with E-state index in [0.29, 0.717) is 24.1 Å². The van der Waals surface area contributed by atoms with Crippen molar-refractivity contribution >= 4 is 61.0 Å². The quantitative estimate of drug-likeness (QED) is 0.447. The zero-order valence-corrected chi connectivity index (χ0v) is 19.6. The second kappa shape index (κ2) is 8.63. The number of amides is 3. The zero-order valence-electron chi connectivity index (χ0n) is 16.5. The predicted octanol–water partition coefficient (Wildman–Crippen LogP) is 4.93. The third kappa shape index (κ3) is 3.73. The number of nitrogens with one attached hydrogen (secondary N) is 1. The number of fused-ring (bicyclic) bond motifs is 1. The lowest BCUT2D eigenvalue weighted by molar-refractivity contribution is -0.122. The number of nitrogens with zero attached hydrogens (tertiary/aromatic N) is 1. The number of hydrogen-bond donors (Lipinski definition) is 1. The van der Waals surface area contributed by atoms with Gasteiger partial charge in [0.15, 0.2) is 0 Å². The largest absolute Gasteiger partial charge is 0.322 e. The average molecular weight is 534 g/mol. The maximum atomic E-state index is 13.2. The van der Waals surface area contributed by atoms with E-state index in [2.05, 4.69) is 37.2 Å². The van der Waals surface area contributed by atoms with Crippen LogP contribution in [0.3, 0.4) is 0 Å². The number of benzene rings is 2. The molecule has 1 aliphatic heterocycles. The minimum absolute atomic E-state index is 0.138. The van der Waals surface area contributed by atoms with Crippen molar-refractivity contribution in [2.75, 3.05) is 10.2 Å². The molecule has 0 spiro atoms. The molecule has 4 rings (SSSR count). The summed E-state index contributed by atoms with van der Waals surface area (Å²) in [6.07, 6.45) is 1.98.